The van der Waals surface area contributed by atoms with Crippen molar-refractivity contribution in [1.29, 1.82) is 0 Å². The third-order valence-electron chi connectivity index (χ3n) is 8.61. The van der Waals surface area contributed by atoms with Crippen molar-refractivity contribution in [3.8, 4) is 0 Å². The number of anilines is 2. The normalized spacial score (nSPS) is 20.6. The van der Waals surface area contributed by atoms with E-state index < -0.39 is 0 Å². The lowest BCUT2D eigenvalue weighted by Gasteiger charge is -2.38. The molecule has 0 atom stereocenters. The Morgan fingerprint density at radius 1 is 0.892 bits per heavy atom. The number of hydrogen-bond acceptors (Lipinski definition) is 5. The molecule has 2 saturated heterocycles. The Hall–Kier alpha value is -1.96. The molecule has 0 unspecified atom stereocenters. The van der Waals surface area contributed by atoms with Crippen LogP contribution in [-0.2, 0) is 0 Å². The largest absolute Gasteiger partial charge is 0.361 e. The predicted octanol–water partition coefficient (Wildman–Crippen LogP) is 5.41. The molecule has 7 heteroatoms. The van der Waals surface area contributed by atoms with E-state index in [1.807, 2.05) is 0 Å². The number of piperazine rings is 1. The number of aromatic nitrogens is 1. The summed E-state index contributed by atoms with van der Waals surface area (Å²) >= 11 is 5.59. The van der Waals surface area contributed by atoms with Crippen LogP contribution in [-0.4, -0.2) is 78.8 Å². The molecule has 1 aromatic carbocycles. The Kier molecular flexibility index (Phi) is 9.51. The molecule has 3 aliphatic rings. The Labute approximate surface area is 229 Å². The monoisotopic (exact) mass is 522 g/mol. The van der Waals surface area contributed by atoms with Gasteiger partial charge in [-0.2, -0.15) is 0 Å². The van der Waals surface area contributed by atoms with Gasteiger partial charge in [-0.3, -0.25) is 4.90 Å². The average Bonchev–Trinajstić information content (AvgIpc) is 3.19. The molecule has 37 heavy (non-hydrogen) atoms. The van der Waals surface area contributed by atoms with Gasteiger partial charge in [-0.1, -0.05) is 32.1 Å². The first-order valence-corrected chi connectivity index (χ1v) is 15.2. The van der Waals surface area contributed by atoms with Crippen LogP contribution in [0.1, 0.15) is 63.4 Å². The second-order valence-corrected chi connectivity index (χ2v) is 11.9. The van der Waals surface area contributed by atoms with Gasteiger partial charge in [0.05, 0.1) is 5.52 Å². The van der Waals surface area contributed by atoms with Gasteiger partial charge in [0.25, 0.3) is 0 Å². The molecule has 2 N–H and O–H groups in total. The summed E-state index contributed by atoms with van der Waals surface area (Å²) in [4.78, 5) is 12.8. The van der Waals surface area contributed by atoms with Crippen molar-refractivity contribution < 1.29 is 0 Å². The van der Waals surface area contributed by atoms with Gasteiger partial charge in [0.1, 0.15) is 5.82 Å². The van der Waals surface area contributed by atoms with Gasteiger partial charge in [-0.15, -0.1) is 0 Å². The minimum atomic E-state index is 0.697. The fraction of sp³-hybridized carbons (Fsp3) is 0.667. The summed E-state index contributed by atoms with van der Waals surface area (Å²) in [5.41, 5.74) is 3.35. The number of benzene rings is 1. The summed E-state index contributed by atoms with van der Waals surface area (Å²) in [5.74, 6) is 2.04. The Morgan fingerprint density at radius 2 is 1.62 bits per heavy atom. The number of nitrogens with one attached hydrogen (secondary N) is 2. The van der Waals surface area contributed by atoms with Crippen LogP contribution in [0.25, 0.3) is 10.9 Å². The van der Waals surface area contributed by atoms with E-state index in [1.54, 1.807) is 0 Å². The lowest BCUT2D eigenvalue weighted by atomic mass is 9.89. The fourth-order valence-electron chi connectivity index (χ4n) is 6.37. The molecule has 6 nitrogen and oxygen atoms in total. The van der Waals surface area contributed by atoms with Gasteiger partial charge in [0, 0.05) is 56.9 Å². The predicted molar refractivity (Wildman–Crippen MR) is 161 cm³/mol. The first kappa shape index (κ1) is 26.6. The van der Waals surface area contributed by atoms with Crippen LogP contribution >= 0.6 is 12.2 Å². The van der Waals surface area contributed by atoms with Crippen molar-refractivity contribution in [2.45, 2.75) is 64.7 Å². The SMILES string of the molecule is Cc1cc(N2CCN(CC3CCCCC3)CC2)nc2ccc(NC(=S)NCCN3CCCCCC3)cc12. The second-order valence-electron chi connectivity index (χ2n) is 11.5. The van der Waals surface area contributed by atoms with E-state index in [1.165, 1.54) is 88.4 Å². The third-order valence-corrected chi connectivity index (χ3v) is 8.86. The number of hydrogen-bond donors (Lipinski definition) is 2. The molecule has 202 valence electrons. The van der Waals surface area contributed by atoms with E-state index in [0.29, 0.717) is 5.11 Å². The van der Waals surface area contributed by atoms with Gasteiger partial charge in [0.15, 0.2) is 5.11 Å². The molecule has 0 spiro atoms. The van der Waals surface area contributed by atoms with E-state index in [0.717, 1.165) is 62.2 Å². The molecule has 1 aliphatic carbocycles. The summed E-state index contributed by atoms with van der Waals surface area (Å²) in [6.07, 6.45) is 12.6. The van der Waals surface area contributed by atoms with Crippen molar-refractivity contribution in [3.05, 3.63) is 29.8 Å². The van der Waals surface area contributed by atoms with E-state index in [9.17, 15) is 0 Å². The zero-order valence-electron chi connectivity index (χ0n) is 22.8. The highest BCUT2D eigenvalue weighted by atomic mass is 32.1. The standard InChI is InChI=1S/C30H46N6S/c1-24-21-29(36-19-17-35(18-20-36)23-25-9-5-4-6-10-25)33-28-12-11-26(22-27(24)28)32-30(37)31-13-16-34-14-7-2-3-8-15-34/h11-12,21-22,25H,2-10,13-20,23H2,1H3,(H2,31,32,37). The highest BCUT2D eigenvalue weighted by Gasteiger charge is 2.22. The van der Waals surface area contributed by atoms with E-state index >= 15 is 0 Å². The molecule has 1 saturated carbocycles. The first-order valence-electron chi connectivity index (χ1n) is 14.8. The highest BCUT2D eigenvalue weighted by molar-refractivity contribution is 7.80. The van der Waals surface area contributed by atoms with Gasteiger partial charge < -0.3 is 20.4 Å². The topological polar surface area (TPSA) is 46.7 Å². The Bertz CT molecular complexity index is 1020. The van der Waals surface area contributed by atoms with Crippen LogP contribution < -0.4 is 15.5 Å². The van der Waals surface area contributed by atoms with Crippen molar-refractivity contribution in [3.63, 3.8) is 0 Å². The second kappa shape index (κ2) is 13.2. The maximum absolute atomic E-state index is 5.59. The van der Waals surface area contributed by atoms with Crippen LogP contribution in [0.2, 0.25) is 0 Å². The molecule has 3 fully saturated rings. The van der Waals surface area contributed by atoms with Crippen molar-refractivity contribution in [2.24, 2.45) is 5.92 Å². The van der Waals surface area contributed by atoms with Gasteiger partial charge in [-0.25, -0.2) is 4.98 Å². The Morgan fingerprint density at radius 3 is 2.38 bits per heavy atom. The molecule has 1 aromatic heterocycles. The number of pyridine rings is 1. The maximum Gasteiger partial charge on any atom is 0.170 e. The van der Waals surface area contributed by atoms with Crippen molar-refractivity contribution in [2.75, 3.05) is 69.1 Å². The maximum atomic E-state index is 5.59. The number of aryl methyl sites for hydroxylation is 1. The fourth-order valence-corrected chi connectivity index (χ4v) is 6.59. The molecular weight excluding hydrogens is 476 g/mol. The van der Waals surface area contributed by atoms with Crippen LogP contribution in [0, 0.1) is 12.8 Å². The first-order chi connectivity index (χ1) is 18.1. The molecular formula is C30H46N6S. The van der Waals surface area contributed by atoms with Gasteiger partial charge in [0.2, 0.25) is 0 Å². The Balaban J connectivity index is 1.12. The van der Waals surface area contributed by atoms with Crippen molar-refractivity contribution in [1.82, 2.24) is 20.1 Å². The molecule has 3 heterocycles. The minimum Gasteiger partial charge on any atom is -0.361 e. The van der Waals surface area contributed by atoms with Gasteiger partial charge >= 0.3 is 0 Å². The number of nitrogens with zero attached hydrogens (tertiary/aromatic N) is 4. The van der Waals surface area contributed by atoms with E-state index in [2.05, 4.69) is 56.5 Å². The number of rotatable bonds is 7. The van der Waals surface area contributed by atoms with Crippen LogP contribution in [0.4, 0.5) is 11.5 Å². The minimum absolute atomic E-state index is 0.697. The summed E-state index contributed by atoms with van der Waals surface area (Å²) in [7, 11) is 0. The lowest BCUT2D eigenvalue weighted by Crippen LogP contribution is -2.48. The number of fused-ring (bicyclic) bond motifs is 1. The summed E-state index contributed by atoms with van der Waals surface area (Å²) in [6, 6.07) is 8.68. The highest BCUT2D eigenvalue weighted by Crippen LogP contribution is 2.27. The van der Waals surface area contributed by atoms with Crippen molar-refractivity contribution >= 4 is 39.7 Å². The zero-order valence-corrected chi connectivity index (χ0v) is 23.6. The molecule has 5 rings (SSSR count). The number of likely N-dealkylation sites (tertiary alicyclic amines) is 1. The smallest absolute Gasteiger partial charge is 0.170 e. The molecule has 0 amide bonds. The van der Waals surface area contributed by atoms with Gasteiger partial charge in [-0.05, 0) is 93.7 Å². The third kappa shape index (κ3) is 7.55. The molecule has 0 bridgehead atoms. The van der Waals surface area contributed by atoms with Crippen LogP contribution in [0.5, 0.6) is 0 Å². The summed E-state index contributed by atoms with van der Waals surface area (Å²) < 4.78 is 0. The quantitative estimate of drug-likeness (QED) is 0.472. The molecule has 2 aliphatic heterocycles. The van der Waals surface area contributed by atoms with E-state index in [4.69, 9.17) is 17.2 Å². The van der Waals surface area contributed by atoms with E-state index in [-0.39, 0.29) is 0 Å². The summed E-state index contributed by atoms with van der Waals surface area (Å²) in [6.45, 7) is 12.3. The lowest BCUT2D eigenvalue weighted by molar-refractivity contribution is 0.192. The molecule has 0 radical (unpaired) electrons. The zero-order chi connectivity index (χ0) is 25.5. The summed E-state index contributed by atoms with van der Waals surface area (Å²) in [5, 5.41) is 8.67. The molecule has 2 aromatic rings. The number of thiocarbonyl (C=S) groups is 1. The van der Waals surface area contributed by atoms with Crippen LogP contribution in [0.15, 0.2) is 24.3 Å². The average molecular weight is 523 g/mol. The van der Waals surface area contributed by atoms with Crippen LogP contribution in [0.3, 0.4) is 0 Å².